The molecule has 152 valence electrons. The molecule has 7 atom stereocenters. The molecule has 3 fully saturated rings. The Bertz CT molecular complexity index is 784. The highest BCUT2D eigenvalue weighted by molar-refractivity contribution is 5.85. The number of rotatable bonds is 2. The van der Waals surface area contributed by atoms with Gasteiger partial charge in [0.2, 0.25) is 0 Å². The predicted octanol–water partition coefficient (Wildman–Crippen LogP) is 2.70. The topological polar surface area (TPSA) is 83.8 Å². The third-order valence-corrected chi connectivity index (χ3v) is 9.07. The fourth-order valence-corrected chi connectivity index (χ4v) is 7.67. The average molecular weight is 386 g/mol. The molecular weight excluding hydrogens is 356 g/mol. The van der Waals surface area contributed by atoms with Gasteiger partial charge in [-0.25, -0.2) is 4.79 Å². The van der Waals surface area contributed by atoms with Crippen LogP contribution in [0.25, 0.3) is 0 Å². The lowest BCUT2D eigenvalue weighted by molar-refractivity contribution is -0.200. The standard InChI is InChI=1S/C23H30O5/c1-21-7-6-19-16(18(21)3-2-17(21)14-10-20(26)28-12-14)5-9-23(27)11-15(25)4-8-22(19,23)13-24/h3,10,13,15-17,19,25,27H,2,4-9,11-12H2,1H3/t15-,16-,17+,19-,21-,22-,23+/m1/s1. The molecule has 4 aliphatic carbocycles. The highest BCUT2D eigenvalue weighted by atomic mass is 16.5. The molecule has 0 spiro atoms. The summed E-state index contributed by atoms with van der Waals surface area (Å²) < 4.78 is 5.18. The highest BCUT2D eigenvalue weighted by Gasteiger charge is 2.65. The van der Waals surface area contributed by atoms with Gasteiger partial charge in [0.1, 0.15) is 12.9 Å². The van der Waals surface area contributed by atoms with Gasteiger partial charge in [0.05, 0.1) is 17.1 Å². The number of esters is 1. The van der Waals surface area contributed by atoms with Crippen molar-refractivity contribution >= 4 is 12.3 Å². The monoisotopic (exact) mass is 386 g/mol. The molecule has 5 aliphatic rings. The van der Waals surface area contributed by atoms with E-state index in [4.69, 9.17) is 4.74 Å². The van der Waals surface area contributed by atoms with E-state index in [-0.39, 0.29) is 17.3 Å². The third-order valence-electron chi connectivity index (χ3n) is 9.07. The molecule has 3 saturated carbocycles. The first kappa shape index (κ1) is 18.6. The lowest BCUT2D eigenvalue weighted by Crippen LogP contribution is -2.64. The van der Waals surface area contributed by atoms with E-state index in [2.05, 4.69) is 13.0 Å². The second-order valence-corrected chi connectivity index (χ2v) is 10.1. The molecule has 2 N–H and O–H groups in total. The summed E-state index contributed by atoms with van der Waals surface area (Å²) >= 11 is 0. The number of carbonyl (C=O) groups excluding carboxylic acids is 2. The molecule has 0 aromatic heterocycles. The van der Waals surface area contributed by atoms with Crippen molar-refractivity contribution in [3.05, 3.63) is 23.3 Å². The summed E-state index contributed by atoms with van der Waals surface area (Å²) in [5, 5.41) is 21.6. The Hall–Kier alpha value is -1.46. The number of aldehydes is 1. The van der Waals surface area contributed by atoms with Gasteiger partial charge in [0.25, 0.3) is 0 Å². The summed E-state index contributed by atoms with van der Waals surface area (Å²) in [6, 6.07) is 0. The molecule has 0 aromatic rings. The van der Waals surface area contributed by atoms with Gasteiger partial charge in [-0.15, -0.1) is 0 Å². The van der Waals surface area contributed by atoms with Crippen LogP contribution in [-0.2, 0) is 14.3 Å². The number of hydrogen-bond acceptors (Lipinski definition) is 5. The summed E-state index contributed by atoms with van der Waals surface area (Å²) in [5.41, 5.74) is 0.739. The van der Waals surface area contributed by atoms with Gasteiger partial charge in [-0.1, -0.05) is 18.6 Å². The van der Waals surface area contributed by atoms with Crippen molar-refractivity contribution in [2.24, 2.45) is 28.6 Å². The Balaban J connectivity index is 1.48. The van der Waals surface area contributed by atoms with Crippen molar-refractivity contribution in [3.63, 3.8) is 0 Å². The summed E-state index contributed by atoms with van der Waals surface area (Å²) in [5.74, 6) is 0.521. The lowest BCUT2D eigenvalue weighted by Gasteiger charge is -2.61. The maximum Gasteiger partial charge on any atom is 0.331 e. The van der Waals surface area contributed by atoms with Crippen LogP contribution in [0.2, 0.25) is 0 Å². The molecule has 1 heterocycles. The van der Waals surface area contributed by atoms with E-state index in [1.165, 1.54) is 5.57 Å². The number of ether oxygens (including phenoxy) is 1. The first-order valence-electron chi connectivity index (χ1n) is 10.8. The van der Waals surface area contributed by atoms with Gasteiger partial charge >= 0.3 is 5.97 Å². The number of hydrogen-bond donors (Lipinski definition) is 2. The minimum Gasteiger partial charge on any atom is -0.458 e. The van der Waals surface area contributed by atoms with E-state index >= 15 is 0 Å². The van der Waals surface area contributed by atoms with Gasteiger partial charge in [0, 0.05) is 12.5 Å². The van der Waals surface area contributed by atoms with E-state index in [9.17, 15) is 19.8 Å². The van der Waals surface area contributed by atoms with Crippen molar-refractivity contribution in [2.75, 3.05) is 6.61 Å². The Labute approximate surface area is 165 Å². The summed E-state index contributed by atoms with van der Waals surface area (Å²) in [6.45, 7) is 2.72. The first-order valence-corrected chi connectivity index (χ1v) is 10.8. The molecule has 5 nitrogen and oxygen atoms in total. The first-order chi connectivity index (χ1) is 13.3. The van der Waals surface area contributed by atoms with E-state index in [0.717, 1.165) is 37.5 Å². The Morgan fingerprint density at radius 1 is 1.21 bits per heavy atom. The van der Waals surface area contributed by atoms with Crippen LogP contribution in [0.3, 0.4) is 0 Å². The smallest absolute Gasteiger partial charge is 0.331 e. The van der Waals surface area contributed by atoms with E-state index in [1.807, 2.05) is 0 Å². The SMILES string of the molecule is C[C@]12CC[C@@H]3[C@H](CC[C@]4(O)C[C@H](O)CC[C@@]34C=O)C1=CC[C@H]2C1=CC(=O)OC1. The molecule has 5 rings (SSSR count). The molecule has 0 aromatic carbocycles. The van der Waals surface area contributed by atoms with Crippen LogP contribution in [0.5, 0.6) is 0 Å². The normalized spacial score (nSPS) is 50.0. The molecule has 0 amide bonds. The molecule has 1 aliphatic heterocycles. The third kappa shape index (κ3) is 2.26. The van der Waals surface area contributed by atoms with Crippen molar-refractivity contribution in [1.29, 1.82) is 0 Å². The van der Waals surface area contributed by atoms with E-state index in [0.29, 0.717) is 44.1 Å². The predicted molar refractivity (Wildman–Crippen MR) is 102 cm³/mol. The maximum absolute atomic E-state index is 12.4. The van der Waals surface area contributed by atoms with Gasteiger partial charge < -0.3 is 19.7 Å². The van der Waals surface area contributed by atoms with Gasteiger partial charge in [0.15, 0.2) is 0 Å². The average Bonchev–Trinajstić information content (AvgIpc) is 3.23. The summed E-state index contributed by atoms with van der Waals surface area (Å²) in [6.07, 6.45) is 10.3. The van der Waals surface area contributed by atoms with Crippen LogP contribution in [-0.4, -0.2) is 40.8 Å². The molecule has 0 bridgehead atoms. The Kier molecular flexibility index (Phi) is 3.99. The Morgan fingerprint density at radius 2 is 2.04 bits per heavy atom. The zero-order chi connectivity index (χ0) is 19.7. The van der Waals surface area contributed by atoms with Crippen LogP contribution < -0.4 is 0 Å². The zero-order valence-electron chi connectivity index (χ0n) is 16.5. The van der Waals surface area contributed by atoms with Crippen LogP contribution in [0.4, 0.5) is 0 Å². The highest BCUT2D eigenvalue weighted by Crippen LogP contribution is 2.67. The van der Waals surface area contributed by atoms with Crippen LogP contribution in [0.15, 0.2) is 23.3 Å². The number of cyclic esters (lactones) is 1. The molecular formula is C23H30O5. The van der Waals surface area contributed by atoms with Crippen LogP contribution in [0, 0.1) is 28.6 Å². The van der Waals surface area contributed by atoms with Crippen molar-refractivity contribution in [3.8, 4) is 0 Å². The summed E-state index contributed by atoms with van der Waals surface area (Å²) in [4.78, 5) is 24.0. The van der Waals surface area contributed by atoms with Gasteiger partial charge in [-0.05, 0) is 73.7 Å². The number of allylic oxidation sites excluding steroid dienone is 2. The largest absolute Gasteiger partial charge is 0.458 e. The molecule has 0 radical (unpaired) electrons. The number of aliphatic hydroxyl groups excluding tert-OH is 1. The number of carbonyl (C=O) groups is 2. The summed E-state index contributed by atoms with van der Waals surface area (Å²) in [7, 11) is 0. The fourth-order valence-electron chi connectivity index (χ4n) is 7.67. The minimum atomic E-state index is -1.08. The second-order valence-electron chi connectivity index (χ2n) is 10.1. The van der Waals surface area contributed by atoms with Crippen LogP contribution >= 0.6 is 0 Å². The second kappa shape index (κ2) is 6.02. The molecule has 5 heteroatoms. The Morgan fingerprint density at radius 3 is 2.75 bits per heavy atom. The number of aliphatic hydroxyl groups is 2. The maximum atomic E-state index is 12.4. The zero-order valence-corrected chi connectivity index (χ0v) is 16.5. The van der Waals surface area contributed by atoms with Crippen molar-refractivity contribution in [1.82, 2.24) is 0 Å². The van der Waals surface area contributed by atoms with Gasteiger partial charge in [-0.3, -0.25) is 0 Å². The van der Waals surface area contributed by atoms with Crippen molar-refractivity contribution in [2.45, 2.75) is 70.0 Å². The van der Waals surface area contributed by atoms with E-state index < -0.39 is 17.1 Å². The van der Waals surface area contributed by atoms with Crippen LogP contribution in [0.1, 0.15) is 58.3 Å². The quantitative estimate of drug-likeness (QED) is 0.433. The van der Waals surface area contributed by atoms with E-state index in [1.54, 1.807) is 6.08 Å². The molecule has 0 unspecified atom stereocenters. The fraction of sp³-hybridized carbons (Fsp3) is 0.739. The lowest BCUT2D eigenvalue weighted by atomic mass is 9.44. The van der Waals surface area contributed by atoms with Crippen molar-refractivity contribution < 1.29 is 24.5 Å². The molecule has 0 saturated heterocycles. The molecule has 28 heavy (non-hydrogen) atoms. The van der Waals surface area contributed by atoms with Gasteiger partial charge in [-0.2, -0.15) is 0 Å². The minimum absolute atomic E-state index is 0.00862. The number of fused-ring (bicyclic) bond motifs is 5.